The van der Waals surface area contributed by atoms with E-state index in [9.17, 15) is 5.11 Å². The molecule has 2 unspecified atom stereocenters. The molecule has 1 aromatic rings. The van der Waals surface area contributed by atoms with E-state index in [4.69, 9.17) is 0 Å². The summed E-state index contributed by atoms with van der Waals surface area (Å²) in [6.07, 6.45) is 3.39. The lowest BCUT2D eigenvalue weighted by atomic mass is 10.0. The van der Waals surface area contributed by atoms with Crippen LogP contribution >= 0.6 is 0 Å². The van der Waals surface area contributed by atoms with Crippen molar-refractivity contribution in [3.63, 3.8) is 0 Å². The van der Waals surface area contributed by atoms with E-state index in [0.29, 0.717) is 5.92 Å². The minimum absolute atomic E-state index is 0.0939. The molecule has 0 aliphatic rings. The van der Waals surface area contributed by atoms with Crippen LogP contribution in [0.1, 0.15) is 38.2 Å². The smallest absolute Gasteiger partial charge is 0.0782 e. The van der Waals surface area contributed by atoms with Gasteiger partial charge < -0.3 is 10.4 Å². The highest BCUT2D eigenvalue weighted by Gasteiger charge is 2.17. The Morgan fingerprint density at radius 3 is 2.38 bits per heavy atom. The summed E-state index contributed by atoms with van der Waals surface area (Å²) in [5, 5.41) is 12.6. The van der Waals surface area contributed by atoms with E-state index in [0.717, 1.165) is 11.4 Å². The maximum atomic E-state index is 9.26. The molecular formula is C12H21N3O. The number of aliphatic hydroxyl groups is 1. The Balaban J connectivity index is 2.72. The first-order valence-electron chi connectivity index (χ1n) is 5.70. The van der Waals surface area contributed by atoms with Gasteiger partial charge in [0.15, 0.2) is 0 Å². The van der Waals surface area contributed by atoms with Crippen LogP contribution in [0.25, 0.3) is 0 Å². The van der Waals surface area contributed by atoms with E-state index in [1.54, 1.807) is 12.4 Å². The zero-order valence-corrected chi connectivity index (χ0v) is 10.4. The molecule has 0 amide bonds. The summed E-state index contributed by atoms with van der Waals surface area (Å²) < 4.78 is 0. The molecule has 0 aliphatic heterocycles. The molecule has 16 heavy (non-hydrogen) atoms. The van der Waals surface area contributed by atoms with Crippen molar-refractivity contribution in [3.8, 4) is 0 Å². The van der Waals surface area contributed by atoms with Gasteiger partial charge in [-0.05, 0) is 19.8 Å². The highest BCUT2D eigenvalue weighted by molar-refractivity contribution is 5.12. The molecule has 90 valence electrons. The van der Waals surface area contributed by atoms with Crippen molar-refractivity contribution in [1.29, 1.82) is 0 Å². The maximum Gasteiger partial charge on any atom is 0.0782 e. The van der Waals surface area contributed by atoms with Gasteiger partial charge in [0.1, 0.15) is 0 Å². The van der Waals surface area contributed by atoms with Gasteiger partial charge in [-0.25, -0.2) is 0 Å². The Labute approximate surface area is 97.1 Å². The Morgan fingerprint density at radius 1 is 1.25 bits per heavy atom. The Morgan fingerprint density at radius 2 is 1.88 bits per heavy atom. The van der Waals surface area contributed by atoms with Gasteiger partial charge in [0.25, 0.3) is 0 Å². The third-order valence-corrected chi connectivity index (χ3v) is 2.79. The molecule has 4 nitrogen and oxygen atoms in total. The molecule has 0 spiro atoms. The summed E-state index contributed by atoms with van der Waals surface area (Å²) in [6.45, 7) is 8.31. The molecule has 0 aliphatic carbocycles. The van der Waals surface area contributed by atoms with E-state index < -0.39 is 0 Å². The molecule has 1 aromatic heterocycles. The van der Waals surface area contributed by atoms with Crippen molar-refractivity contribution >= 4 is 0 Å². The lowest BCUT2D eigenvalue weighted by Crippen LogP contribution is -2.39. The van der Waals surface area contributed by atoms with Crippen LogP contribution in [0.4, 0.5) is 0 Å². The van der Waals surface area contributed by atoms with E-state index in [2.05, 4.69) is 29.1 Å². The van der Waals surface area contributed by atoms with Crippen LogP contribution in [0.15, 0.2) is 12.4 Å². The van der Waals surface area contributed by atoms with E-state index >= 15 is 0 Å². The van der Waals surface area contributed by atoms with Gasteiger partial charge in [-0.3, -0.25) is 9.97 Å². The number of nitrogens with one attached hydrogen (secondary N) is 1. The first kappa shape index (κ1) is 13.1. The number of aromatic nitrogens is 2. The summed E-state index contributed by atoms with van der Waals surface area (Å²) >= 11 is 0. The number of hydrogen-bond acceptors (Lipinski definition) is 4. The third kappa shape index (κ3) is 3.25. The number of rotatable bonds is 5. The molecule has 0 radical (unpaired) electrons. The SMILES string of the molecule is Cc1nccnc1C(C)NC(CO)C(C)C. The topological polar surface area (TPSA) is 58.0 Å². The van der Waals surface area contributed by atoms with Crippen LogP contribution in [0.5, 0.6) is 0 Å². The third-order valence-electron chi connectivity index (χ3n) is 2.79. The van der Waals surface area contributed by atoms with Crippen LogP contribution in [0.3, 0.4) is 0 Å². The summed E-state index contributed by atoms with van der Waals surface area (Å²) in [5.41, 5.74) is 1.88. The fraction of sp³-hybridized carbons (Fsp3) is 0.667. The van der Waals surface area contributed by atoms with Crippen LogP contribution < -0.4 is 5.32 Å². The minimum Gasteiger partial charge on any atom is -0.395 e. The first-order chi connectivity index (χ1) is 7.56. The van der Waals surface area contributed by atoms with Gasteiger partial charge in [0.2, 0.25) is 0 Å². The summed E-state index contributed by atoms with van der Waals surface area (Å²) in [4.78, 5) is 8.53. The quantitative estimate of drug-likeness (QED) is 0.793. The number of aryl methyl sites for hydroxylation is 1. The van der Waals surface area contributed by atoms with Gasteiger partial charge in [-0.2, -0.15) is 0 Å². The molecule has 2 N–H and O–H groups in total. The van der Waals surface area contributed by atoms with Gasteiger partial charge in [-0.15, -0.1) is 0 Å². The largest absolute Gasteiger partial charge is 0.395 e. The predicted octanol–water partition coefficient (Wildman–Crippen LogP) is 1.45. The van der Waals surface area contributed by atoms with Crippen molar-refractivity contribution in [2.45, 2.75) is 39.8 Å². The van der Waals surface area contributed by atoms with Gasteiger partial charge in [0, 0.05) is 24.5 Å². The monoisotopic (exact) mass is 223 g/mol. The average Bonchev–Trinajstić information content (AvgIpc) is 2.25. The van der Waals surface area contributed by atoms with Crippen molar-refractivity contribution in [3.05, 3.63) is 23.8 Å². The molecule has 4 heteroatoms. The highest BCUT2D eigenvalue weighted by atomic mass is 16.3. The summed E-state index contributed by atoms with van der Waals surface area (Å²) in [6, 6.07) is 0.199. The molecule has 1 rings (SSSR count). The number of nitrogens with zero attached hydrogens (tertiary/aromatic N) is 2. The molecule has 0 saturated carbocycles. The predicted molar refractivity (Wildman–Crippen MR) is 64.0 cm³/mol. The molecule has 0 saturated heterocycles. The van der Waals surface area contributed by atoms with Gasteiger partial charge in [0.05, 0.1) is 18.0 Å². The summed E-state index contributed by atoms with van der Waals surface area (Å²) in [5.74, 6) is 0.393. The zero-order valence-electron chi connectivity index (χ0n) is 10.4. The maximum absolute atomic E-state index is 9.26. The average molecular weight is 223 g/mol. The number of hydrogen-bond donors (Lipinski definition) is 2. The standard InChI is InChI=1S/C12H21N3O/c1-8(2)11(7-16)15-10(4)12-9(3)13-5-6-14-12/h5-6,8,10-11,15-16H,7H2,1-4H3. The second-order valence-electron chi connectivity index (χ2n) is 4.45. The van der Waals surface area contributed by atoms with Crippen LogP contribution in [-0.4, -0.2) is 27.7 Å². The lowest BCUT2D eigenvalue weighted by molar-refractivity contribution is 0.200. The van der Waals surface area contributed by atoms with Crippen molar-refractivity contribution < 1.29 is 5.11 Å². The molecule has 0 aromatic carbocycles. The molecule has 0 bridgehead atoms. The molecule has 1 heterocycles. The molecule has 2 atom stereocenters. The van der Waals surface area contributed by atoms with Crippen LogP contribution in [0, 0.1) is 12.8 Å². The van der Waals surface area contributed by atoms with Gasteiger partial charge >= 0.3 is 0 Å². The van der Waals surface area contributed by atoms with Crippen LogP contribution in [-0.2, 0) is 0 Å². The Bertz CT molecular complexity index is 328. The van der Waals surface area contributed by atoms with Crippen molar-refractivity contribution in [2.75, 3.05) is 6.61 Å². The normalized spacial score (nSPS) is 15.1. The highest BCUT2D eigenvalue weighted by Crippen LogP contribution is 2.14. The van der Waals surface area contributed by atoms with Crippen LogP contribution in [0.2, 0.25) is 0 Å². The molecular weight excluding hydrogens is 202 g/mol. The first-order valence-corrected chi connectivity index (χ1v) is 5.70. The van der Waals surface area contributed by atoms with Gasteiger partial charge in [-0.1, -0.05) is 13.8 Å². The minimum atomic E-state index is 0.0939. The second kappa shape index (κ2) is 5.92. The van der Waals surface area contributed by atoms with E-state index in [1.165, 1.54) is 0 Å². The fourth-order valence-electron chi connectivity index (χ4n) is 1.70. The summed E-state index contributed by atoms with van der Waals surface area (Å²) in [7, 11) is 0. The second-order valence-corrected chi connectivity index (χ2v) is 4.45. The Hall–Kier alpha value is -1.00. The zero-order chi connectivity index (χ0) is 12.1. The van der Waals surface area contributed by atoms with E-state index in [-0.39, 0.29) is 18.7 Å². The number of aliphatic hydroxyl groups excluding tert-OH is 1. The van der Waals surface area contributed by atoms with Crippen molar-refractivity contribution in [1.82, 2.24) is 15.3 Å². The van der Waals surface area contributed by atoms with E-state index in [1.807, 2.05) is 13.8 Å². The molecule has 0 fully saturated rings. The lowest BCUT2D eigenvalue weighted by Gasteiger charge is -2.24. The Kier molecular flexibility index (Phi) is 4.83. The van der Waals surface area contributed by atoms with Crippen molar-refractivity contribution in [2.24, 2.45) is 5.92 Å². The fourth-order valence-corrected chi connectivity index (χ4v) is 1.70.